The van der Waals surface area contributed by atoms with E-state index in [0.29, 0.717) is 23.2 Å². The summed E-state index contributed by atoms with van der Waals surface area (Å²) in [6.07, 6.45) is 2.35. The van der Waals surface area contributed by atoms with Gasteiger partial charge in [-0.2, -0.15) is 0 Å². The molecule has 0 unspecified atom stereocenters. The van der Waals surface area contributed by atoms with E-state index in [4.69, 9.17) is 0 Å². The van der Waals surface area contributed by atoms with Crippen LogP contribution >= 0.6 is 0 Å². The highest BCUT2D eigenvalue weighted by molar-refractivity contribution is 5.92. The molecule has 0 spiro atoms. The molecule has 8 heteroatoms. The van der Waals surface area contributed by atoms with Crippen LogP contribution in [0.15, 0.2) is 66.7 Å². The van der Waals surface area contributed by atoms with Gasteiger partial charge in [0.1, 0.15) is 17.5 Å². The highest BCUT2D eigenvalue weighted by Crippen LogP contribution is 2.33. The summed E-state index contributed by atoms with van der Waals surface area (Å²) in [4.78, 5) is 27.5. The molecular formula is C32H36F3N3O2. The first-order valence-corrected chi connectivity index (χ1v) is 13.8. The van der Waals surface area contributed by atoms with E-state index in [1.807, 2.05) is 0 Å². The van der Waals surface area contributed by atoms with Gasteiger partial charge in [-0.1, -0.05) is 50.2 Å². The van der Waals surface area contributed by atoms with E-state index in [1.54, 1.807) is 56.3 Å². The molecule has 0 aromatic heterocycles. The molecule has 1 aliphatic heterocycles. The molecular weight excluding hydrogens is 515 g/mol. The Bertz CT molecular complexity index is 1240. The minimum absolute atomic E-state index is 0.0824. The minimum Gasteiger partial charge on any atom is -0.355 e. The number of nitrogens with one attached hydrogen (secondary N) is 2. The monoisotopic (exact) mass is 551 g/mol. The molecule has 1 saturated heterocycles. The van der Waals surface area contributed by atoms with Gasteiger partial charge in [-0.05, 0) is 91.8 Å². The van der Waals surface area contributed by atoms with Crippen molar-refractivity contribution in [3.05, 3.63) is 101 Å². The van der Waals surface area contributed by atoms with Gasteiger partial charge in [0.25, 0.3) is 0 Å². The van der Waals surface area contributed by atoms with Crippen molar-refractivity contribution in [2.45, 2.75) is 44.9 Å². The number of nitrogens with zero attached hydrogens (tertiary/aromatic N) is 1. The molecule has 212 valence electrons. The number of anilines is 1. The van der Waals surface area contributed by atoms with E-state index in [0.717, 1.165) is 38.9 Å². The van der Waals surface area contributed by atoms with Crippen LogP contribution in [0.25, 0.3) is 0 Å². The van der Waals surface area contributed by atoms with Gasteiger partial charge in [0.2, 0.25) is 11.8 Å². The minimum atomic E-state index is -0.673. The topological polar surface area (TPSA) is 61.4 Å². The SMILES string of the molecule is CC(C)C(=O)Nc1cccc(C2CCN(CCCNC(=O)C(c3ccc(F)cc3)c3ccc(F)cc3)CC2)c1F. The van der Waals surface area contributed by atoms with Crippen LogP contribution in [-0.2, 0) is 9.59 Å². The number of amides is 2. The molecule has 3 aromatic rings. The number of carbonyl (C=O) groups is 2. The van der Waals surface area contributed by atoms with Crippen LogP contribution in [0.3, 0.4) is 0 Å². The zero-order chi connectivity index (χ0) is 28.6. The van der Waals surface area contributed by atoms with Crippen LogP contribution < -0.4 is 10.6 Å². The Hall–Kier alpha value is -3.65. The Labute approximate surface area is 233 Å². The Kier molecular flexibility index (Phi) is 9.98. The van der Waals surface area contributed by atoms with Crippen molar-refractivity contribution in [2.24, 2.45) is 5.92 Å². The van der Waals surface area contributed by atoms with Crippen LogP contribution in [0.5, 0.6) is 0 Å². The number of piperidine rings is 1. The average Bonchev–Trinajstić information content (AvgIpc) is 2.95. The van der Waals surface area contributed by atoms with E-state index in [-0.39, 0.29) is 46.8 Å². The summed E-state index contributed by atoms with van der Waals surface area (Å²) in [5.74, 6) is -2.39. The Morgan fingerprint density at radius 1 is 0.850 bits per heavy atom. The molecule has 0 atom stereocenters. The number of likely N-dealkylation sites (tertiary alicyclic amines) is 1. The molecule has 1 fully saturated rings. The summed E-state index contributed by atoms with van der Waals surface area (Å²) in [7, 11) is 0. The van der Waals surface area contributed by atoms with Crippen molar-refractivity contribution in [3.63, 3.8) is 0 Å². The maximum Gasteiger partial charge on any atom is 0.232 e. The Morgan fingerprint density at radius 3 is 1.98 bits per heavy atom. The third kappa shape index (κ3) is 7.50. The van der Waals surface area contributed by atoms with Crippen LogP contribution in [0, 0.1) is 23.4 Å². The smallest absolute Gasteiger partial charge is 0.232 e. The van der Waals surface area contributed by atoms with E-state index in [2.05, 4.69) is 15.5 Å². The molecule has 5 nitrogen and oxygen atoms in total. The van der Waals surface area contributed by atoms with Crippen molar-refractivity contribution in [1.29, 1.82) is 0 Å². The third-order valence-corrected chi connectivity index (χ3v) is 7.46. The first-order valence-electron chi connectivity index (χ1n) is 13.8. The molecule has 1 heterocycles. The summed E-state index contributed by atoms with van der Waals surface area (Å²) >= 11 is 0. The highest BCUT2D eigenvalue weighted by Gasteiger charge is 2.25. The largest absolute Gasteiger partial charge is 0.355 e. The lowest BCUT2D eigenvalue weighted by atomic mass is 9.88. The zero-order valence-electron chi connectivity index (χ0n) is 22.9. The summed E-state index contributed by atoms with van der Waals surface area (Å²) in [5.41, 5.74) is 2.13. The standard InChI is InChI=1S/C32H36F3N3O2/c1-21(2)31(39)37-28-6-3-5-27(30(28)35)22-15-19-38(20-16-22)18-4-17-36-32(40)29(23-7-11-25(33)12-8-23)24-9-13-26(34)14-10-24/h3,5-14,21-22,29H,4,15-20H2,1-2H3,(H,36,40)(H,37,39). The molecule has 0 radical (unpaired) electrons. The van der Waals surface area contributed by atoms with Gasteiger partial charge in [-0.3, -0.25) is 9.59 Å². The normalized spacial score (nSPS) is 14.5. The summed E-state index contributed by atoms with van der Waals surface area (Å²) in [5, 5.41) is 5.67. The lowest BCUT2D eigenvalue weighted by molar-refractivity contribution is -0.121. The van der Waals surface area contributed by atoms with E-state index < -0.39 is 5.92 Å². The van der Waals surface area contributed by atoms with Gasteiger partial charge in [-0.15, -0.1) is 0 Å². The van der Waals surface area contributed by atoms with E-state index >= 15 is 4.39 Å². The molecule has 0 bridgehead atoms. The third-order valence-electron chi connectivity index (χ3n) is 7.46. The second-order valence-electron chi connectivity index (χ2n) is 10.6. The number of halogens is 3. The number of hydrogen-bond donors (Lipinski definition) is 2. The lowest BCUT2D eigenvalue weighted by Crippen LogP contribution is -2.36. The van der Waals surface area contributed by atoms with Gasteiger partial charge in [0.05, 0.1) is 11.6 Å². The van der Waals surface area contributed by atoms with Crippen LogP contribution in [0.2, 0.25) is 0 Å². The highest BCUT2D eigenvalue weighted by atomic mass is 19.1. The van der Waals surface area contributed by atoms with Crippen molar-refractivity contribution in [3.8, 4) is 0 Å². The van der Waals surface area contributed by atoms with Gasteiger partial charge in [0, 0.05) is 12.5 Å². The maximum absolute atomic E-state index is 15.1. The fourth-order valence-electron chi connectivity index (χ4n) is 5.13. The summed E-state index contributed by atoms with van der Waals surface area (Å²) in [6.45, 7) is 6.42. The fraction of sp³-hybridized carbons (Fsp3) is 0.375. The first kappa shape index (κ1) is 29.3. The second-order valence-corrected chi connectivity index (χ2v) is 10.6. The average molecular weight is 552 g/mol. The molecule has 2 amide bonds. The quantitative estimate of drug-likeness (QED) is 0.294. The number of hydrogen-bond acceptors (Lipinski definition) is 3. The van der Waals surface area contributed by atoms with Crippen LogP contribution in [-0.4, -0.2) is 42.9 Å². The second kappa shape index (κ2) is 13.6. The van der Waals surface area contributed by atoms with Crippen molar-refractivity contribution < 1.29 is 22.8 Å². The van der Waals surface area contributed by atoms with Gasteiger partial charge in [0.15, 0.2) is 0 Å². The van der Waals surface area contributed by atoms with Crippen molar-refractivity contribution >= 4 is 17.5 Å². The van der Waals surface area contributed by atoms with Crippen LogP contribution in [0.4, 0.5) is 18.9 Å². The molecule has 0 saturated carbocycles. The number of benzene rings is 3. The molecule has 4 rings (SSSR count). The predicted molar refractivity (Wildman–Crippen MR) is 151 cm³/mol. The van der Waals surface area contributed by atoms with Crippen molar-refractivity contribution in [1.82, 2.24) is 10.2 Å². The number of carbonyl (C=O) groups excluding carboxylic acids is 2. The first-order chi connectivity index (χ1) is 19.2. The molecule has 0 aliphatic carbocycles. The van der Waals surface area contributed by atoms with Gasteiger partial charge in [-0.25, -0.2) is 13.2 Å². The molecule has 1 aliphatic rings. The van der Waals surface area contributed by atoms with E-state index in [9.17, 15) is 18.4 Å². The van der Waals surface area contributed by atoms with Gasteiger partial charge < -0.3 is 15.5 Å². The molecule has 3 aromatic carbocycles. The number of rotatable bonds is 10. The van der Waals surface area contributed by atoms with Crippen molar-refractivity contribution in [2.75, 3.05) is 31.5 Å². The fourth-order valence-corrected chi connectivity index (χ4v) is 5.13. The Balaban J connectivity index is 1.27. The molecule has 40 heavy (non-hydrogen) atoms. The van der Waals surface area contributed by atoms with Crippen LogP contribution in [0.1, 0.15) is 61.6 Å². The summed E-state index contributed by atoms with van der Waals surface area (Å²) in [6, 6.07) is 16.7. The lowest BCUT2D eigenvalue weighted by Gasteiger charge is -2.32. The van der Waals surface area contributed by atoms with Gasteiger partial charge >= 0.3 is 0 Å². The maximum atomic E-state index is 15.1. The summed E-state index contributed by atoms with van der Waals surface area (Å²) < 4.78 is 42.1. The molecule has 2 N–H and O–H groups in total. The predicted octanol–water partition coefficient (Wildman–Crippen LogP) is 6.22. The Morgan fingerprint density at radius 2 is 1.43 bits per heavy atom. The zero-order valence-corrected chi connectivity index (χ0v) is 22.9. The van der Waals surface area contributed by atoms with E-state index in [1.165, 1.54) is 24.3 Å².